The Morgan fingerprint density at radius 3 is 2.93 bits per heavy atom. The van der Waals surface area contributed by atoms with Crippen molar-refractivity contribution in [3.05, 3.63) is 57.7 Å². The first-order valence-electron chi connectivity index (χ1n) is 8.68. The van der Waals surface area contributed by atoms with Gasteiger partial charge in [-0.15, -0.1) is 0 Å². The van der Waals surface area contributed by atoms with Gasteiger partial charge in [0, 0.05) is 25.8 Å². The van der Waals surface area contributed by atoms with Gasteiger partial charge in [-0.2, -0.15) is 5.26 Å². The van der Waals surface area contributed by atoms with Crippen LogP contribution in [0.3, 0.4) is 0 Å². The van der Waals surface area contributed by atoms with Gasteiger partial charge in [-0.05, 0) is 42.7 Å². The Bertz CT molecular complexity index is 867. The molecule has 0 saturated carbocycles. The summed E-state index contributed by atoms with van der Waals surface area (Å²) in [7, 11) is 0. The number of aromatic nitrogens is 1. The van der Waals surface area contributed by atoms with Gasteiger partial charge in [0.15, 0.2) is 0 Å². The first-order chi connectivity index (χ1) is 13.1. The van der Waals surface area contributed by atoms with Crippen LogP contribution >= 0.6 is 23.2 Å². The molecule has 2 aromatic rings. The summed E-state index contributed by atoms with van der Waals surface area (Å²) in [5.74, 6) is 0.518. The number of benzene rings is 1. The number of amides is 2. The molecule has 3 rings (SSSR count). The van der Waals surface area contributed by atoms with E-state index in [4.69, 9.17) is 28.5 Å². The lowest BCUT2D eigenvalue weighted by Gasteiger charge is -2.25. The predicted molar refractivity (Wildman–Crippen MR) is 106 cm³/mol. The molecule has 1 fully saturated rings. The molecule has 1 atom stereocenters. The van der Waals surface area contributed by atoms with Crippen molar-refractivity contribution in [2.75, 3.05) is 25.0 Å². The maximum atomic E-state index is 12.6. The van der Waals surface area contributed by atoms with Crippen LogP contribution in [0.2, 0.25) is 10.0 Å². The third kappa shape index (κ3) is 4.62. The van der Waals surface area contributed by atoms with Crippen LogP contribution in [0.1, 0.15) is 30.0 Å². The highest BCUT2D eigenvalue weighted by atomic mass is 35.5. The summed E-state index contributed by atoms with van der Waals surface area (Å²) in [5, 5.41) is 16.0. The molecule has 0 radical (unpaired) electrons. The van der Waals surface area contributed by atoms with Crippen molar-refractivity contribution in [1.82, 2.24) is 15.2 Å². The average Bonchev–Trinajstić information content (AvgIpc) is 3.17. The number of hydrogen-bond donors (Lipinski definition) is 2. The van der Waals surface area contributed by atoms with E-state index in [9.17, 15) is 4.79 Å². The van der Waals surface area contributed by atoms with E-state index < -0.39 is 0 Å². The fraction of sp³-hybridized carbons (Fsp3) is 0.316. The molecule has 1 aromatic heterocycles. The molecular weight excluding hydrogens is 385 g/mol. The minimum absolute atomic E-state index is 0.00583. The molecule has 1 aliphatic rings. The molecule has 0 bridgehead atoms. The average molecular weight is 404 g/mol. The van der Waals surface area contributed by atoms with Crippen molar-refractivity contribution in [2.24, 2.45) is 0 Å². The summed E-state index contributed by atoms with van der Waals surface area (Å²) in [6.07, 6.45) is 3.45. The van der Waals surface area contributed by atoms with E-state index in [2.05, 4.69) is 21.7 Å². The molecule has 1 saturated heterocycles. The van der Waals surface area contributed by atoms with Gasteiger partial charge in [-0.1, -0.05) is 29.3 Å². The molecule has 2 amide bonds. The van der Waals surface area contributed by atoms with Crippen LogP contribution < -0.4 is 10.6 Å². The van der Waals surface area contributed by atoms with Crippen LogP contribution in [-0.2, 0) is 0 Å². The third-order valence-corrected chi connectivity index (χ3v) is 5.20. The third-order valence-electron chi connectivity index (χ3n) is 4.46. The first kappa shape index (κ1) is 19.3. The number of anilines is 1. The second-order valence-electron chi connectivity index (χ2n) is 6.20. The van der Waals surface area contributed by atoms with E-state index >= 15 is 0 Å². The molecule has 2 heterocycles. The number of nitrogens with zero attached hydrogens (tertiary/aromatic N) is 3. The van der Waals surface area contributed by atoms with Crippen molar-refractivity contribution in [2.45, 2.75) is 18.9 Å². The fourth-order valence-electron chi connectivity index (χ4n) is 3.16. The maximum Gasteiger partial charge on any atom is 0.317 e. The van der Waals surface area contributed by atoms with Gasteiger partial charge in [0.1, 0.15) is 11.9 Å². The second-order valence-corrected chi connectivity index (χ2v) is 7.01. The van der Waals surface area contributed by atoms with Crippen molar-refractivity contribution in [1.29, 1.82) is 5.26 Å². The van der Waals surface area contributed by atoms with Crippen molar-refractivity contribution < 1.29 is 4.79 Å². The Morgan fingerprint density at radius 1 is 1.30 bits per heavy atom. The number of nitriles is 1. The van der Waals surface area contributed by atoms with E-state index in [1.807, 2.05) is 17.0 Å². The highest BCUT2D eigenvalue weighted by molar-refractivity contribution is 6.42. The van der Waals surface area contributed by atoms with Crippen LogP contribution in [-0.4, -0.2) is 35.5 Å². The number of carbonyl (C=O) groups excluding carboxylic acids is 1. The Labute approximate surface area is 168 Å². The Kier molecular flexibility index (Phi) is 6.38. The van der Waals surface area contributed by atoms with Crippen LogP contribution in [0.25, 0.3) is 0 Å². The number of carbonyl (C=O) groups is 1. The highest BCUT2D eigenvalue weighted by Crippen LogP contribution is 2.34. The molecule has 27 heavy (non-hydrogen) atoms. The van der Waals surface area contributed by atoms with Crippen molar-refractivity contribution >= 4 is 35.1 Å². The van der Waals surface area contributed by atoms with E-state index in [0.717, 1.165) is 18.4 Å². The maximum absolute atomic E-state index is 12.6. The SMILES string of the molecule is N#Cc1cccnc1NCCNC(=O)N1CCCC1c1ccc(Cl)c(Cl)c1. The van der Waals surface area contributed by atoms with E-state index in [1.54, 1.807) is 24.4 Å². The molecule has 0 spiro atoms. The van der Waals surface area contributed by atoms with Gasteiger partial charge < -0.3 is 15.5 Å². The predicted octanol–water partition coefficient (Wildman–Crippen LogP) is 4.22. The van der Waals surface area contributed by atoms with E-state index in [-0.39, 0.29) is 12.1 Å². The van der Waals surface area contributed by atoms with E-state index in [1.165, 1.54) is 0 Å². The van der Waals surface area contributed by atoms with Gasteiger partial charge in [0.05, 0.1) is 21.7 Å². The number of halogens is 2. The molecule has 8 heteroatoms. The topological polar surface area (TPSA) is 81.0 Å². The van der Waals surface area contributed by atoms with Crippen molar-refractivity contribution in [3.63, 3.8) is 0 Å². The highest BCUT2D eigenvalue weighted by Gasteiger charge is 2.30. The summed E-state index contributed by atoms with van der Waals surface area (Å²) in [6, 6.07) is 10.9. The van der Waals surface area contributed by atoms with Crippen LogP contribution in [0.4, 0.5) is 10.6 Å². The minimum Gasteiger partial charge on any atom is -0.367 e. The van der Waals surface area contributed by atoms with Crippen LogP contribution in [0, 0.1) is 11.3 Å². The molecule has 0 aliphatic carbocycles. The fourth-order valence-corrected chi connectivity index (χ4v) is 3.47. The lowest BCUT2D eigenvalue weighted by Crippen LogP contribution is -2.41. The smallest absolute Gasteiger partial charge is 0.317 e. The number of urea groups is 1. The summed E-state index contributed by atoms with van der Waals surface area (Å²) < 4.78 is 0. The Morgan fingerprint density at radius 2 is 2.15 bits per heavy atom. The van der Waals surface area contributed by atoms with Gasteiger partial charge in [0.2, 0.25) is 0 Å². The molecular formula is C19H19Cl2N5O. The van der Waals surface area contributed by atoms with E-state index in [0.29, 0.717) is 41.1 Å². The van der Waals surface area contributed by atoms with Crippen LogP contribution in [0.15, 0.2) is 36.5 Å². The van der Waals surface area contributed by atoms with Gasteiger partial charge >= 0.3 is 6.03 Å². The summed E-state index contributed by atoms with van der Waals surface area (Å²) in [6.45, 7) is 1.59. The Balaban J connectivity index is 1.54. The quantitative estimate of drug-likeness (QED) is 0.732. The zero-order chi connectivity index (χ0) is 19.2. The lowest BCUT2D eigenvalue weighted by atomic mass is 10.0. The lowest BCUT2D eigenvalue weighted by molar-refractivity contribution is 0.193. The van der Waals surface area contributed by atoms with Gasteiger partial charge in [-0.3, -0.25) is 0 Å². The van der Waals surface area contributed by atoms with Crippen molar-refractivity contribution in [3.8, 4) is 6.07 Å². The van der Waals surface area contributed by atoms with Gasteiger partial charge in [0.25, 0.3) is 0 Å². The standard InChI is InChI=1S/C19H19Cl2N5O/c20-15-6-5-13(11-16(15)21)17-4-2-10-26(17)19(27)25-9-8-24-18-14(12-22)3-1-7-23-18/h1,3,5-7,11,17H,2,4,8-10H2,(H,23,24)(H,25,27). The summed E-state index contributed by atoms with van der Waals surface area (Å²) in [5.41, 5.74) is 1.46. The molecule has 2 N–H and O–H groups in total. The number of nitrogens with one attached hydrogen (secondary N) is 2. The molecule has 140 valence electrons. The normalized spacial score (nSPS) is 16.0. The zero-order valence-corrected chi connectivity index (χ0v) is 16.1. The van der Waals surface area contributed by atoms with Crippen LogP contribution in [0.5, 0.6) is 0 Å². The number of rotatable bonds is 5. The number of likely N-dealkylation sites (tertiary alicyclic amines) is 1. The first-order valence-corrected chi connectivity index (χ1v) is 9.44. The number of pyridine rings is 1. The summed E-state index contributed by atoms with van der Waals surface area (Å²) >= 11 is 12.1. The minimum atomic E-state index is -0.119. The van der Waals surface area contributed by atoms with Gasteiger partial charge in [-0.25, -0.2) is 9.78 Å². The second kappa shape index (κ2) is 8.94. The molecule has 6 nitrogen and oxygen atoms in total. The largest absolute Gasteiger partial charge is 0.367 e. The number of hydrogen-bond acceptors (Lipinski definition) is 4. The Hall–Kier alpha value is -2.49. The molecule has 1 aliphatic heterocycles. The monoisotopic (exact) mass is 403 g/mol. The molecule has 1 aromatic carbocycles. The summed E-state index contributed by atoms with van der Waals surface area (Å²) in [4.78, 5) is 18.5. The zero-order valence-electron chi connectivity index (χ0n) is 14.6. The molecule has 1 unspecified atom stereocenters.